The maximum atomic E-state index is 14.3. The molecule has 3 aliphatic carbocycles. The summed E-state index contributed by atoms with van der Waals surface area (Å²) >= 11 is 0. The summed E-state index contributed by atoms with van der Waals surface area (Å²) in [6.07, 6.45) is -2.24. The molecule has 10 atom stereocenters. The van der Waals surface area contributed by atoms with Crippen LogP contribution in [0.15, 0.2) is 36.4 Å². The topological polar surface area (TPSA) is 178 Å². The molecule has 0 saturated heterocycles. The van der Waals surface area contributed by atoms with Gasteiger partial charge in [0.2, 0.25) is 5.91 Å². The van der Waals surface area contributed by atoms with Gasteiger partial charge in [0, 0.05) is 16.4 Å². The number of aliphatic hydroxyl groups excluding tert-OH is 3. The fourth-order valence-electron chi connectivity index (χ4n) is 8.67. The number of primary amides is 1. The molecule has 2 fully saturated rings. The average Bonchev–Trinajstić information content (AvgIpc) is 2.93. The highest BCUT2D eigenvalue weighted by Crippen LogP contribution is 2.68. The first kappa shape index (κ1) is 31.0. The Morgan fingerprint density at radius 2 is 1.63 bits per heavy atom. The summed E-state index contributed by atoms with van der Waals surface area (Å²) in [6, 6.07) is 8.90. The molecule has 10 heteroatoms. The van der Waals surface area contributed by atoms with Crippen LogP contribution in [-0.2, 0) is 9.59 Å². The summed E-state index contributed by atoms with van der Waals surface area (Å²) in [5.41, 5.74) is 0.456. The second-order valence-electron chi connectivity index (χ2n) is 13.2. The highest BCUT2D eigenvalue weighted by atomic mass is 19.1. The minimum atomic E-state index is -2.84. The molecular weight excluding hydrogens is 557 g/mol. The molecule has 0 heterocycles. The Bertz CT molecular complexity index is 1540. The van der Waals surface area contributed by atoms with Crippen LogP contribution in [0.3, 0.4) is 0 Å². The summed E-state index contributed by atoms with van der Waals surface area (Å²) in [5, 5.41) is 59.1. The number of Topliss-reactive ketones (excluding diaryl/α,β-unsaturated/α-hetero) is 2. The van der Waals surface area contributed by atoms with Crippen molar-refractivity contribution in [1.29, 1.82) is 0 Å². The zero-order valence-corrected chi connectivity index (χ0v) is 24.7. The van der Waals surface area contributed by atoms with Crippen LogP contribution in [0.4, 0.5) is 4.39 Å². The number of halogens is 1. The van der Waals surface area contributed by atoms with Crippen LogP contribution in [0.1, 0.15) is 67.6 Å². The molecule has 0 aliphatic heterocycles. The Morgan fingerprint density at radius 3 is 2.19 bits per heavy atom. The maximum Gasteiger partial charge on any atom is 0.230 e. The third-order valence-electron chi connectivity index (χ3n) is 11.0. The number of phenolic OH excluding ortho intramolecular Hbond substituents is 1. The molecule has 2 saturated carbocycles. The molecule has 3 aliphatic rings. The quantitative estimate of drug-likeness (QED) is 0.230. The molecule has 1 amide bonds. The minimum absolute atomic E-state index is 0.121. The van der Waals surface area contributed by atoms with Crippen molar-refractivity contribution in [3.05, 3.63) is 64.5 Å². The molecule has 0 aromatic heterocycles. The van der Waals surface area contributed by atoms with E-state index in [0.717, 1.165) is 0 Å². The third kappa shape index (κ3) is 3.86. The van der Waals surface area contributed by atoms with E-state index < -0.39 is 93.4 Å². The van der Waals surface area contributed by atoms with E-state index in [1.54, 1.807) is 64.1 Å². The van der Waals surface area contributed by atoms with Crippen LogP contribution < -0.4 is 5.73 Å². The van der Waals surface area contributed by atoms with Gasteiger partial charge in [0.05, 0.1) is 23.7 Å². The summed E-state index contributed by atoms with van der Waals surface area (Å²) < 4.78 is 13.3. The third-order valence-corrected chi connectivity index (χ3v) is 11.0. The predicted molar refractivity (Wildman–Crippen MR) is 155 cm³/mol. The van der Waals surface area contributed by atoms with Crippen LogP contribution in [0, 0.1) is 40.3 Å². The van der Waals surface area contributed by atoms with Crippen LogP contribution in [-0.4, -0.2) is 66.9 Å². The monoisotopic (exact) mass is 595 g/mol. The first-order valence-corrected chi connectivity index (χ1v) is 14.4. The van der Waals surface area contributed by atoms with E-state index >= 15 is 0 Å². The Kier molecular flexibility index (Phi) is 7.25. The second kappa shape index (κ2) is 10.1. The highest BCUT2D eigenvalue weighted by Gasteiger charge is 2.80. The second-order valence-corrected chi connectivity index (χ2v) is 13.2. The maximum absolute atomic E-state index is 14.3. The van der Waals surface area contributed by atoms with Gasteiger partial charge in [-0.1, -0.05) is 71.0 Å². The lowest BCUT2D eigenvalue weighted by molar-refractivity contribution is -0.306. The van der Waals surface area contributed by atoms with Crippen molar-refractivity contribution < 1.29 is 44.3 Å². The molecule has 7 N–H and O–H groups in total. The first-order valence-electron chi connectivity index (χ1n) is 14.4. The van der Waals surface area contributed by atoms with Crippen molar-refractivity contribution in [3.63, 3.8) is 0 Å². The average molecular weight is 596 g/mol. The largest absolute Gasteiger partial charge is 0.507 e. The van der Waals surface area contributed by atoms with Gasteiger partial charge < -0.3 is 31.3 Å². The van der Waals surface area contributed by atoms with E-state index in [0.29, 0.717) is 11.1 Å². The number of amides is 1. The number of fused-ring (bicyclic) bond motifs is 3. The molecule has 0 radical (unpaired) electrons. The van der Waals surface area contributed by atoms with E-state index in [2.05, 4.69) is 0 Å². The van der Waals surface area contributed by atoms with Crippen molar-refractivity contribution in [2.75, 3.05) is 0 Å². The lowest BCUT2D eigenvalue weighted by Crippen LogP contribution is -2.83. The van der Waals surface area contributed by atoms with Gasteiger partial charge in [-0.05, 0) is 41.0 Å². The van der Waals surface area contributed by atoms with E-state index in [4.69, 9.17) is 5.73 Å². The Morgan fingerprint density at radius 1 is 1.02 bits per heavy atom. The van der Waals surface area contributed by atoms with E-state index in [1.807, 2.05) is 0 Å². The fourth-order valence-corrected chi connectivity index (χ4v) is 8.67. The number of hydrogen-bond acceptors (Lipinski definition) is 8. The van der Waals surface area contributed by atoms with Gasteiger partial charge in [-0.3, -0.25) is 14.4 Å². The van der Waals surface area contributed by atoms with Crippen LogP contribution in [0.5, 0.6) is 5.75 Å². The lowest BCUT2D eigenvalue weighted by atomic mass is 9.36. The molecule has 2 aromatic rings. The van der Waals surface area contributed by atoms with Crippen molar-refractivity contribution in [3.8, 4) is 5.75 Å². The normalized spacial score (nSPS) is 39.0. The zero-order valence-electron chi connectivity index (χ0n) is 24.7. The number of carbonyl (C=O) groups is 3. The molecular formula is C33H38FNO8. The molecule has 9 nitrogen and oxygen atoms in total. The van der Waals surface area contributed by atoms with Crippen molar-refractivity contribution in [2.45, 2.75) is 64.4 Å². The Hall–Kier alpha value is -3.44. The van der Waals surface area contributed by atoms with E-state index in [9.17, 15) is 44.3 Å². The van der Waals surface area contributed by atoms with Crippen molar-refractivity contribution in [1.82, 2.24) is 0 Å². The van der Waals surface area contributed by atoms with Crippen molar-refractivity contribution >= 4 is 29.6 Å². The SMILES string of the molecule is CC(C)[C@H]1C(O)[C@@H](C(N)=O)C(=O)[C@]2(O)C(O)[C@H]3C(=O)c4c(ccc(/C=C/c5ccc(F)cc5)c4O)[C@@H](C)[C@]3(C)[C@@H](O)[C@]12C. The number of nitrogens with two attached hydrogens (primary N) is 1. The van der Waals surface area contributed by atoms with Gasteiger partial charge in [-0.15, -0.1) is 0 Å². The Labute approximate surface area is 248 Å². The summed E-state index contributed by atoms with van der Waals surface area (Å²) in [5.74, 6) is -9.76. The summed E-state index contributed by atoms with van der Waals surface area (Å²) in [4.78, 5) is 40.6. The van der Waals surface area contributed by atoms with Gasteiger partial charge in [0.15, 0.2) is 17.2 Å². The minimum Gasteiger partial charge on any atom is -0.507 e. The van der Waals surface area contributed by atoms with Gasteiger partial charge in [-0.2, -0.15) is 0 Å². The number of benzene rings is 2. The smallest absolute Gasteiger partial charge is 0.230 e. The highest BCUT2D eigenvalue weighted by molar-refractivity contribution is 6.09. The van der Waals surface area contributed by atoms with Crippen molar-refractivity contribution in [2.24, 2.45) is 40.2 Å². The summed E-state index contributed by atoms with van der Waals surface area (Å²) in [7, 11) is 0. The van der Waals surface area contributed by atoms with Crippen LogP contribution in [0.25, 0.3) is 12.2 Å². The number of ketones is 2. The number of aromatic hydroxyl groups is 1. The van der Waals surface area contributed by atoms with Crippen LogP contribution in [0.2, 0.25) is 0 Å². The number of carbonyl (C=O) groups excluding carboxylic acids is 3. The number of aliphatic hydroxyl groups is 4. The molecule has 5 rings (SSSR count). The van der Waals surface area contributed by atoms with Gasteiger partial charge in [0.1, 0.15) is 23.6 Å². The standard InChI is InChI=1S/C33H38FNO8/c1-14(2)22-26(38)21(29(35)41)27(39)33(43)28(40)23-25(37)20-19(15(3)31(23,4)30(42)32(22,33)5)13-10-17(24(20)36)9-6-16-7-11-18(34)12-8-16/h6-15,21-23,26,28,30,36,38,40,42-43H,1-5H3,(H2,35,41)/b9-6+/t15-,21-,22+,23-,26?,28?,30-,31+,32+,33+/m1/s1. The van der Waals surface area contributed by atoms with Crippen LogP contribution >= 0.6 is 0 Å². The molecule has 230 valence electrons. The molecule has 0 bridgehead atoms. The molecule has 2 aromatic carbocycles. The number of hydrogen-bond donors (Lipinski definition) is 6. The van der Waals surface area contributed by atoms with Gasteiger partial charge >= 0.3 is 0 Å². The molecule has 2 unspecified atom stereocenters. The number of rotatable bonds is 4. The fraction of sp³-hybridized carbons (Fsp3) is 0.485. The predicted octanol–water partition coefficient (Wildman–Crippen LogP) is 2.41. The Balaban J connectivity index is 1.69. The zero-order chi connectivity index (χ0) is 32.0. The van der Waals surface area contributed by atoms with Gasteiger partial charge in [0.25, 0.3) is 0 Å². The first-order chi connectivity index (χ1) is 20.0. The molecule has 43 heavy (non-hydrogen) atoms. The van der Waals surface area contributed by atoms with E-state index in [-0.39, 0.29) is 11.1 Å². The number of phenols is 1. The van der Waals surface area contributed by atoms with Gasteiger partial charge in [-0.25, -0.2) is 4.39 Å². The lowest BCUT2D eigenvalue weighted by Gasteiger charge is -2.69. The summed E-state index contributed by atoms with van der Waals surface area (Å²) in [6.45, 7) is 8.12. The van der Waals surface area contributed by atoms with E-state index in [1.165, 1.54) is 19.1 Å². The molecule has 0 spiro atoms.